The van der Waals surface area contributed by atoms with Gasteiger partial charge in [-0.15, -0.1) is 0 Å². The zero-order valence-electron chi connectivity index (χ0n) is 12.7. The van der Waals surface area contributed by atoms with Crippen LogP contribution in [0, 0.1) is 0 Å². The van der Waals surface area contributed by atoms with Crippen molar-refractivity contribution in [1.29, 1.82) is 0 Å². The van der Waals surface area contributed by atoms with Gasteiger partial charge in [-0.25, -0.2) is 4.58 Å². The number of benzene rings is 2. The third-order valence-electron chi connectivity index (χ3n) is 4.03. The van der Waals surface area contributed by atoms with Crippen LogP contribution >= 0.6 is 0 Å². The van der Waals surface area contributed by atoms with Crippen molar-refractivity contribution >= 4 is 17.2 Å². The number of carbonyl (C=O) groups is 1. The fraction of sp³-hybridized carbons (Fsp3) is 0.222. The zero-order valence-corrected chi connectivity index (χ0v) is 12.7. The van der Waals surface area contributed by atoms with E-state index in [-0.39, 0.29) is 11.9 Å². The third-order valence-corrected chi connectivity index (χ3v) is 4.03. The minimum Gasteiger partial charge on any atom is -0.364 e. The number of para-hydroxylation sites is 1. The van der Waals surface area contributed by atoms with Crippen LogP contribution in [-0.4, -0.2) is 34.5 Å². The number of hydrogen-bond acceptors (Lipinski definition) is 3. The lowest BCUT2D eigenvalue weighted by molar-refractivity contribution is -0.534. The normalized spacial score (nSPS) is 21.3. The highest BCUT2D eigenvalue weighted by molar-refractivity contribution is 6.39. The highest BCUT2D eigenvalue weighted by atomic mass is 16.3. The van der Waals surface area contributed by atoms with Crippen LogP contribution in [0.15, 0.2) is 60.7 Å². The maximum absolute atomic E-state index is 12.0. The zero-order chi connectivity index (χ0) is 15.7. The summed E-state index contributed by atoms with van der Waals surface area (Å²) in [6, 6.07) is 19.6. The average Bonchev–Trinajstić information content (AvgIpc) is 2.80. The Bertz CT molecular complexity index is 710. The molecule has 0 saturated heterocycles. The Labute approximate surface area is 129 Å². The van der Waals surface area contributed by atoms with E-state index in [2.05, 4.69) is 0 Å². The lowest BCUT2D eigenvalue weighted by Crippen LogP contribution is -2.39. The highest BCUT2D eigenvalue weighted by Gasteiger charge is 2.47. The lowest BCUT2D eigenvalue weighted by Gasteiger charge is -2.25. The Morgan fingerprint density at radius 2 is 1.59 bits per heavy atom. The van der Waals surface area contributed by atoms with Crippen molar-refractivity contribution in [2.24, 2.45) is 0 Å². The molecule has 2 unspecified atom stereocenters. The minimum atomic E-state index is -0.949. The predicted octanol–water partition coefficient (Wildman–Crippen LogP) is 2.20. The molecule has 1 heterocycles. The molecule has 2 aromatic rings. The predicted molar refractivity (Wildman–Crippen MR) is 86.0 cm³/mol. The molecule has 1 aliphatic rings. The van der Waals surface area contributed by atoms with Gasteiger partial charge in [0, 0.05) is 18.2 Å². The summed E-state index contributed by atoms with van der Waals surface area (Å²) in [5.74, 6) is -0.116. The molecular weight excluding hydrogens is 276 g/mol. The van der Waals surface area contributed by atoms with E-state index in [0.717, 1.165) is 11.3 Å². The number of aliphatic hydroxyl groups excluding tert-OH is 1. The lowest BCUT2D eigenvalue weighted by atomic mass is 10.1. The van der Waals surface area contributed by atoms with Crippen LogP contribution in [0.4, 0.5) is 5.69 Å². The molecule has 0 aliphatic carbocycles. The number of hydrogen-bond donors (Lipinski definition) is 1. The maximum Gasteiger partial charge on any atom is 0.271 e. The van der Waals surface area contributed by atoms with Gasteiger partial charge in [0.15, 0.2) is 0 Å². The van der Waals surface area contributed by atoms with Gasteiger partial charge in [-0.1, -0.05) is 48.5 Å². The van der Waals surface area contributed by atoms with Crippen molar-refractivity contribution in [1.82, 2.24) is 0 Å². The van der Waals surface area contributed by atoms with Crippen molar-refractivity contribution in [3.63, 3.8) is 0 Å². The van der Waals surface area contributed by atoms with Crippen molar-refractivity contribution in [3.8, 4) is 0 Å². The summed E-state index contributed by atoms with van der Waals surface area (Å²) < 4.78 is 1.86. The summed E-state index contributed by atoms with van der Waals surface area (Å²) in [5, 5.41) is 10.7. The molecular formula is C18H19N2O2+. The van der Waals surface area contributed by atoms with E-state index in [0.29, 0.717) is 5.71 Å². The van der Waals surface area contributed by atoms with Gasteiger partial charge in [0.05, 0.1) is 0 Å². The van der Waals surface area contributed by atoms with E-state index >= 15 is 0 Å². The third kappa shape index (κ3) is 2.31. The largest absolute Gasteiger partial charge is 0.364 e. The number of carbonyl (C=O) groups excluding carboxylic acids is 1. The summed E-state index contributed by atoms with van der Waals surface area (Å²) in [4.78, 5) is 13.8. The van der Waals surface area contributed by atoms with Gasteiger partial charge < -0.3 is 5.11 Å². The smallest absolute Gasteiger partial charge is 0.271 e. The van der Waals surface area contributed by atoms with Gasteiger partial charge in [0.2, 0.25) is 12.0 Å². The van der Waals surface area contributed by atoms with Crippen LogP contribution < -0.4 is 4.90 Å². The second kappa shape index (κ2) is 5.73. The fourth-order valence-electron chi connectivity index (χ4n) is 3.09. The summed E-state index contributed by atoms with van der Waals surface area (Å²) in [7, 11) is 1.85. The Morgan fingerprint density at radius 1 is 1.05 bits per heavy atom. The molecule has 0 aromatic heterocycles. The first kappa shape index (κ1) is 14.5. The van der Waals surface area contributed by atoms with Crippen LogP contribution in [0.2, 0.25) is 0 Å². The Morgan fingerprint density at radius 3 is 2.14 bits per heavy atom. The molecule has 0 bridgehead atoms. The first-order valence-electron chi connectivity index (χ1n) is 7.28. The standard InChI is InChI=1S/C18H19N2O2/c1-13(21)16-18(22)20(15-11-7-4-8-12-15)17(19(16)2)14-9-5-3-6-10-14/h3-12,17-18,22H,1-2H3/q+1. The van der Waals surface area contributed by atoms with Crippen molar-refractivity contribution in [3.05, 3.63) is 66.2 Å². The molecule has 3 rings (SSSR count). The van der Waals surface area contributed by atoms with Gasteiger partial charge in [-0.2, -0.15) is 0 Å². The molecule has 0 spiro atoms. The molecule has 0 radical (unpaired) electrons. The van der Waals surface area contributed by atoms with Gasteiger partial charge in [0.1, 0.15) is 7.05 Å². The summed E-state index contributed by atoms with van der Waals surface area (Å²) in [5.41, 5.74) is 2.33. The average molecular weight is 295 g/mol. The van der Waals surface area contributed by atoms with Crippen LogP contribution in [-0.2, 0) is 4.79 Å². The number of ketones is 1. The minimum absolute atomic E-state index is 0.116. The molecule has 112 valence electrons. The fourth-order valence-corrected chi connectivity index (χ4v) is 3.09. The second-order valence-corrected chi connectivity index (χ2v) is 5.45. The van der Waals surface area contributed by atoms with Gasteiger partial charge in [-0.3, -0.25) is 9.69 Å². The molecule has 4 nitrogen and oxygen atoms in total. The van der Waals surface area contributed by atoms with E-state index in [4.69, 9.17) is 0 Å². The first-order chi connectivity index (χ1) is 10.6. The van der Waals surface area contributed by atoms with E-state index in [1.165, 1.54) is 6.92 Å². The molecule has 1 N–H and O–H groups in total. The molecule has 22 heavy (non-hydrogen) atoms. The summed E-state index contributed by atoms with van der Waals surface area (Å²) >= 11 is 0. The number of aliphatic hydroxyl groups is 1. The van der Waals surface area contributed by atoms with Gasteiger partial charge in [-0.05, 0) is 12.1 Å². The topological polar surface area (TPSA) is 43.5 Å². The first-order valence-corrected chi connectivity index (χ1v) is 7.28. The van der Waals surface area contributed by atoms with Crippen molar-refractivity contribution in [2.45, 2.75) is 19.3 Å². The van der Waals surface area contributed by atoms with E-state index in [1.54, 1.807) is 0 Å². The second-order valence-electron chi connectivity index (χ2n) is 5.45. The van der Waals surface area contributed by atoms with Crippen molar-refractivity contribution < 1.29 is 14.5 Å². The van der Waals surface area contributed by atoms with E-state index in [9.17, 15) is 9.90 Å². The van der Waals surface area contributed by atoms with E-state index in [1.807, 2.05) is 77.2 Å². The molecule has 4 heteroatoms. The molecule has 2 aromatic carbocycles. The summed E-state index contributed by atoms with van der Waals surface area (Å²) in [6.45, 7) is 1.49. The molecule has 2 atom stereocenters. The van der Waals surface area contributed by atoms with Crippen LogP contribution in [0.5, 0.6) is 0 Å². The number of anilines is 1. The van der Waals surface area contributed by atoms with E-state index < -0.39 is 6.23 Å². The maximum atomic E-state index is 12.0. The number of Topliss-reactive ketones (excluding diaryl/α,β-unsaturated/α-hetero) is 1. The molecule has 0 fully saturated rings. The SMILES string of the molecule is CC(=O)C1=[N+](C)C(c2ccccc2)N(c2ccccc2)C1O. The monoisotopic (exact) mass is 295 g/mol. The highest BCUT2D eigenvalue weighted by Crippen LogP contribution is 2.33. The number of nitrogens with zero attached hydrogens (tertiary/aromatic N) is 2. The van der Waals surface area contributed by atoms with Crippen LogP contribution in [0.25, 0.3) is 0 Å². The van der Waals surface area contributed by atoms with Gasteiger partial charge >= 0.3 is 0 Å². The molecule has 0 amide bonds. The Hall–Kier alpha value is -2.46. The quantitative estimate of drug-likeness (QED) is 0.883. The van der Waals surface area contributed by atoms with Crippen molar-refractivity contribution in [2.75, 3.05) is 11.9 Å². The molecule has 1 aliphatic heterocycles. The summed E-state index contributed by atoms with van der Waals surface area (Å²) in [6.07, 6.45) is -1.16. The number of rotatable bonds is 3. The van der Waals surface area contributed by atoms with Gasteiger partial charge in [0.25, 0.3) is 11.9 Å². The Balaban J connectivity index is 2.14. The Kier molecular flexibility index (Phi) is 3.77. The van der Waals surface area contributed by atoms with Crippen LogP contribution in [0.1, 0.15) is 18.7 Å². The molecule has 0 saturated carbocycles. The van der Waals surface area contributed by atoms with Crippen LogP contribution in [0.3, 0.4) is 0 Å².